The van der Waals surface area contributed by atoms with Gasteiger partial charge in [0, 0.05) is 23.6 Å². The molecule has 0 spiro atoms. The van der Waals surface area contributed by atoms with Crippen LogP contribution >= 0.6 is 11.6 Å². The Balaban J connectivity index is 2.30. The number of halogens is 1. The number of rotatable bonds is 10. The average molecular weight is 507 g/mol. The van der Waals surface area contributed by atoms with Crippen LogP contribution in [-0.2, 0) is 16.4 Å². The van der Waals surface area contributed by atoms with Crippen LogP contribution in [-0.4, -0.2) is 47.6 Å². The zero-order valence-corrected chi connectivity index (χ0v) is 20.6. The van der Waals surface area contributed by atoms with Crippen LogP contribution in [0.1, 0.15) is 11.1 Å². The van der Waals surface area contributed by atoms with Crippen molar-refractivity contribution in [3.05, 3.63) is 70.7 Å². The van der Waals surface area contributed by atoms with Crippen LogP contribution in [0.5, 0.6) is 17.2 Å². The van der Waals surface area contributed by atoms with Crippen molar-refractivity contribution >= 4 is 21.6 Å². The maximum Gasteiger partial charge on any atom is 0.243 e. The number of nitrogens with one attached hydrogen (secondary N) is 1. The molecule has 0 heterocycles. The molecule has 3 aromatic rings. The zero-order valence-electron chi connectivity index (χ0n) is 19.0. The van der Waals surface area contributed by atoms with Gasteiger partial charge in [0.1, 0.15) is 12.0 Å². The highest BCUT2D eigenvalue weighted by Crippen LogP contribution is 2.44. The standard InChI is InChI=1S/C24H27ClN2O6S/c1-31-19-7-5-4-6-15(19)12-16-13-17(25)8-9-18(16)23-21(34(29,30)27-22(28)14-26)11-10-20(32-2)24(23)33-3/h4-11,13,22,27-28H,12,14,26H2,1-3H3. The van der Waals surface area contributed by atoms with Crippen LogP contribution in [0.3, 0.4) is 0 Å². The van der Waals surface area contributed by atoms with E-state index in [1.54, 1.807) is 25.3 Å². The number of para-hydroxylation sites is 1. The van der Waals surface area contributed by atoms with Gasteiger partial charge in [-0.15, -0.1) is 0 Å². The van der Waals surface area contributed by atoms with Crippen molar-refractivity contribution in [1.29, 1.82) is 0 Å². The van der Waals surface area contributed by atoms with E-state index in [1.165, 1.54) is 26.4 Å². The predicted molar refractivity (Wildman–Crippen MR) is 131 cm³/mol. The third-order valence-corrected chi connectivity index (χ3v) is 6.96. The summed E-state index contributed by atoms with van der Waals surface area (Å²) in [6, 6.07) is 15.6. The lowest BCUT2D eigenvalue weighted by Crippen LogP contribution is -2.40. The zero-order chi connectivity index (χ0) is 24.9. The van der Waals surface area contributed by atoms with E-state index >= 15 is 0 Å². The SMILES string of the molecule is COc1ccccc1Cc1cc(Cl)ccc1-c1c(S(=O)(=O)NC(O)CN)ccc(OC)c1OC. The third-order valence-electron chi connectivity index (χ3n) is 5.22. The lowest BCUT2D eigenvalue weighted by molar-refractivity contribution is 0.172. The van der Waals surface area contributed by atoms with Gasteiger partial charge in [-0.1, -0.05) is 35.9 Å². The van der Waals surface area contributed by atoms with Crippen molar-refractivity contribution in [2.24, 2.45) is 5.73 Å². The van der Waals surface area contributed by atoms with Gasteiger partial charge >= 0.3 is 0 Å². The monoisotopic (exact) mass is 506 g/mol. The average Bonchev–Trinajstić information content (AvgIpc) is 2.83. The van der Waals surface area contributed by atoms with Gasteiger partial charge in [0.25, 0.3) is 0 Å². The number of nitrogens with two attached hydrogens (primary N) is 1. The van der Waals surface area contributed by atoms with E-state index in [-0.39, 0.29) is 22.8 Å². The number of aliphatic hydroxyl groups excluding tert-OH is 1. The van der Waals surface area contributed by atoms with Gasteiger partial charge in [0.15, 0.2) is 11.5 Å². The molecule has 34 heavy (non-hydrogen) atoms. The summed E-state index contributed by atoms with van der Waals surface area (Å²) in [6.45, 7) is -0.290. The Kier molecular flexibility index (Phi) is 8.40. The third kappa shape index (κ3) is 5.45. The van der Waals surface area contributed by atoms with E-state index < -0.39 is 16.3 Å². The maximum absolute atomic E-state index is 13.2. The molecule has 0 amide bonds. The number of hydrogen-bond donors (Lipinski definition) is 3. The number of aliphatic hydroxyl groups is 1. The van der Waals surface area contributed by atoms with E-state index in [0.29, 0.717) is 28.5 Å². The highest BCUT2D eigenvalue weighted by atomic mass is 35.5. The molecule has 4 N–H and O–H groups in total. The molecule has 0 radical (unpaired) electrons. The molecule has 10 heteroatoms. The first kappa shape index (κ1) is 25.8. The molecule has 3 aromatic carbocycles. The summed E-state index contributed by atoms with van der Waals surface area (Å²) in [5.74, 6) is 1.25. The number of sulfonamides is 1. The fraction of sp³-hybridized carbons (Fsp3) is 0.250. The molecule has 0 aliphatic heterocycles. The van der Waals surface area contributed by atoms with Gasteiger partial charge in [0.05, 0.1) is 26.2 Å². The van der Waals surface area contributed by atoms with Crippen molar-refractivity contribution in [2.75, 3.05) is 27.9 Å². The largest absolute Gasteiger partial charge is 0.496 e. The summed E-state index contributed by atoms with van der Waals surface area (Å²) < 4.78 is 45.2. The molecule has 0 saturated carbocycles. The van der Waals surface area contributed by atoms with Crippen molar-refractivity contribution < 1.29 is 27.7 Å². The lowest BCUT2D eigenvalue weighted by Gasteiger charge is -2.21. The normalized spacial score (nSPS) is 12.3. The second-order valence-electron chi connectivity index (χ2n) is 7.34. The summed E-state index contributed by atoms with van der Waals surface area (Å²) in [6.07, 6.45) is -1.05. The Hall–Kier alpha value is -2.82. The molecular formula is C24H27ClN2O6S. The Morgan fingerprint density at radius 2 is 1.68 bits per heavy atom. The van der Waals surface area contributed by atoms with Crippen LogP contribution in [0.25, 0.3) is 11.1 Å². The van der Waals surface area contributed by atoms with Gasteiger partial charge in [-0.2, -0.15) is 4.72 Å². The fourth-order valence-corrected chi connectivity index (χ4v) is 5.18. The highest BCUT2D eigenvalue weighted by Gasteiger charge is 2.28. The summed E-state index contributed by atoms with van der Waals surface area (Å²) >= 11 is 6.33. The minimum atomic E-state index is -4.19. The molecular weight excluding hydrogens is 480 g/mol. The number of ether oxygens (including phenoxy) is 3. The molecule has 8 nitrogen and oxygen atoms in total. The van der Waals surface area contributed by atoms with Gasteiger partial charge in [-0.3, -0.25) is 0 Å². The number of methoxy groups -OCH3 is 3. The predicted octanol–water partition coefficient (Wildman–Crippen LogP) is 3.18. The second kappa shape index (κ2) is 11.1. The van der Waals surface area contributed by atoms with E-state index in [9.17, 15) is 13.5 Å². The van der Waals surface area contributed by atoms with E-state index in [2.05, 4.69) is 4.72 Å². The first-order chi connectivity index (χ1) is 16.2. The number of benzene rings is 3. The first-order valence-electron chi connectivity index (χ1n) is 10.3. The first-order valence-corrected chi connectivity index (χ1v) is 12.2. The van der Waals surface area contributed by atoms with E-state index in [4.69, 9.17) is 31.5 Å². The molecule has 1 unspecified atom stereocenters. The molecule has 182 valence electrons. The van der Waals surface area contributed by atoms with Crippen molar-refractivity contribution in [3.8, 4) is 28.4 Å². The Bertz CT molecular complexity index is 1270. The van der Waals surface area contributed by atoms with E-state index in [1.807, 2.05) is 24.3 Å². The minimum Gasteiger partial charge on any atom is -0.496 e. The molecule has 0 bridgehead atoms. The lowest BCUT2D eigenvalue weighted by atomic mass is 9.93. The number of hydrogen-bond acceptors (Lipinski definition) is 7. The Labute approximate surface area is 204 Å². The van der Waals surface area contributed by atoms with Crippen molar-refractivity contribution in [3.63, 3.8) is 0 Å². The van der Waals surface area contributed by atoms with Gasteiger partial charge in [-0.25, -0.2) is 8.42 Å². The topological polar surface area (TPSA) is 120 Å². The van der Waals surface area contributed by atoms with Crippen molar-refractivity contribution in [1.82, 2.24) is 4.72 Å². The van der Waals surface area contributed by atoms with Crippen LogP contribution < -0.4 is 24.7 Å². The summed E-state index contributed by atoms with van der Waals surface area (Å²) in [4.78, 5) is -0.110. The summed E-state index contributed by atoms with van der Waals surface area (Å²) in [7, 11) is 0.280. The molecule has 0 aliphatic rings. The Morgan fingerprint density at radius 1 is 0.971 bits per heavy atom. The van der Waals surface area contributed by atoms with Crippen LogP contribution in [0.2, 0.25) is 5.02 Å². The van der Waals surface area contributed by atoms with Gasteiger partial charge in [0.2, 0.25) is 10.0 Å². The summed E-state index contributed by atoms with van der Waals surface area (Å²) in [5, 5.41) is 10.4. The Morgan fingerprint density at radius 3 is 2.32 bits per heavy atom. The highest BCUT2D eigenvalue weighted by molar-refractivity contribution is 7.89. The van der Waals surface area contributed by atoms with Gasteiger partial charge < -0.3 is 25.1 Å². The fourth-order valence-electron chi connectivity index (χ4n) is 3.69. The molecule has 1 atom stereocenters. The van der Waals surface area contributed by atoms with E-state index in [0.717, 1.165) is 11.1 Å². The maximum atomic E-state index is 13.2. The molecule has 0 aromatic heterocycles. The van der Waals surface area contributed by atoms with Crippen LogP contribution in [0, 0.1) is 0 Å². The minimum absolute atomic E-state index is 0.110. The summed E-state index contributed by atoms with van der Waals surface area (Å²) in [5.41, 5.74) is 7.86. The molecule has 3 rings (SSSR count). The van der Waals surface area contributed by atoms with Crippen LogP contribution in [0.15, 0.2) is 59.5 Å². The smallest absolute Gasteiger partial charge is 0.243 e. The molecule has 0 saturated heterocycles. The molecule has 0 aliphatic carbocycles. The van der Waals surface area contributed by atoms with Crippen LogP contribution in [0.4, 0.5) is 0 Å². The van der Waals surface area contributed by atoms with Gasteiger partial charge in [-0.05, 0) is 47.0 Å². The second-order valence-corrected chi connectivity index (χ2v) is 9.46. The van der Waals surface area contributed by atoms with Crippen molar-refractivity contribution in [2.45, 2.75) is 17.5 Å². The quantitative estimate of drug-likeness (QED) is 0.361. The molecule has 0 fully saturated rings.